The van der Waals surface area contributed by atoms with Crippen LogP contribution in [0.15, 0.2) is 18.2 Å². The van der Waals surface area contributed by atoms with Crippen LogP contribution < -0.4 is 10.1 Å². The van der Waals surface area contributed by atoms with Crippen LogP contribution in [0.5, 0.6) is 5.75 Å². The Kier molecular flexibility index (Phi) is 5.26. The quantitative estimate of drug-likeness (QED) is 0.871. The molecule has 0 radical (unpaired) electrons. The number of benzene rings is 1. The number of carbonyl (C=O) groups excluding carboxylic acids is 1. The molecule has 0 aliphatic carbocycles. The van der Waals surface area contributed by atoms with Gasteiger partial charge >= 0.3 is 6.03 Å². The van der Waals surface area contributed by atoms with Gasteiger partial charge < -0.3 is 15.0 Å². The predicted molar refractivity (Wildman–Crippen MR) is 87.4 cm³/mol. The van der Waals surface area contributed by atoms with Gasteiger partial charge in [0, 0.05) is 25.9 Å². The van der Waals surface area contributed by atoms with E-state index in [2.05, 4.69) is 20.7 Å². The number of rotatable bonds is 4. The average Bonchev–Trinajstić information content (AvgIpc) is 3.07. The normalized spacial score (nSPS) is 14.7. The predicted octanol–water partition coefficient (Wildman–Crippen LogP) is 0.974. The minimum Gasteiger partial charge on any atom is -0.487 e. The Hall–Kier alpha value is -3.22. The highest BCUT2D eigenvalue weighted by Crippen LogP contribution is 2.23. The fourth-order valence-corrected chi connectivity index (χ4v) is 2.68. The minimum atomic E-state index is -0.555. The zero-order valence-corrected chi connectivity index (χ0v) is 14.2. The number of urea groups is 1. The Morgan fingerprint density at radius 2 is 2.23 bits per heavy atom. The number of hydrogen-bond acceptors (Lipinski definition) is 6. The second-order valence-electron chi connectivity index (χ2n) is 5.92. The molecule has 1 aromatic heterocycles. The SMILES string of the molecule is Cn1nnc(CNC(=O)N2CCC(Oc3ccc(C#N)cc3F)CC2)n1. The molecule has 2 amide bonds. The van der Waals surface area contributed by atoms with Crippen LogP contribution in [0.4, 0.5) is 9.18 Å². The molecule has 1 aliphatic rings. The molecule has 1 N–H and O–H groups in total. The smallest absolute Gasteiger partial charge is 0.317 e. The number of tetrazole rings is 1. The monoisotopic (exact) mass is 359 g/mol. The maximum absolute atomic E-state index is 13.9. The summed E-state index contributed by atoms with van der Waals surface area (Å²) in [7, 11) is 1.65. The first kappa shape index (κ1) is 17.6. The van der Waals surface area contributed by atoms with Crippen molar-refractivity contribution in [2.45, 2.75) is 25.5 Å². The standard InChI is InChI=1S/C16H18FN7O2/c1-23-21-15(20-22-23)10-19-16(25)24-6-4-12(5-7-24)26-14-3-2-11(9-18)8-13(14)17/h2-3,8,12H,4-7,10H2,1H3,(H,19,25). The van der Waals surface area contributed by atoms with E-state index >= 15 is 0 Å². The maximum Gasteiger partial charge on any atom is 0.317 e. The van der Waals surface area contributed by atoms with Gasteiger partial charge in [-0.05, 0) is 23.4 Å². The van der Waals surface area contributed by atoms with Crippen LogP contribution in [0.1, 0.15) is 24.2 Å². The fraction of sp³-hybridized carbons (Fsp3) is 0.438. The lowest BCUT2D eigenvalue weighted by atomic mass is 10.1. The van der Waals surface area contributed by atoms with Crippen LogP contribution in [0.2, 0.25) is 0 Å². The summed E-state index contributed by atoms with van der Waals surface area (Å²) < 4.78 is 19.6. The van der Waals surface area contributed by atoms with Gasteiger partial charge in [-0.15, -0.1) is 10.2 Å². The zero-order chi connectivity index (χ0) is 18.5. The van der Waals surface area contributed by atoms with Crippen molar-refractivity contribution in [1.29, 1.82) is 5.26 Å². The first-order valence-electron chi connectivity index (χ1n) is 8.17. The van der Waals surface area contributed by atoms with Crippen molar-refractivity contribution >= 4 is 6.03 Å². The Balaban J connectivity index is 1.46. The van der Waals surface area contributed by atoms with Gasteiger partial charge in [0.1, 0.15) is 6.10 Å². The Labute approximate surface area is 149 Å². The lowest BCUT2D eigenvalue weighted by Gasteiger charge is -2.32. The zero-order valence-electron chi connectivity index (χ0n) is 14.2. The van der Waals surface area contributed by atoms with Crippen LogP contribution in [0, 0.1) is 17.1 Å². The third-order valence-corrected chi connectivity index (χ3v) is 4.03. The lowest BCUT2D eigenvalue weighted by Crippen LogP contribution is -2.46. The molecule has 0 bridgehead atoms. The first-order chi connectivity index (χ1) is 12.5. The molecule has 3 rings (SSSR count). The molecule has 1 fully saturated rings. The number of aromatic nitrogens is 4. The van der Waals surface area contributed by atoms with E-state index in [0.717, 1.165) is 6.07 Å². The van der Waals surface area contributed by atoms with E-state index < -0.39 is 5.82 Å². The highest BCUT2D eigenvalue weighted by molar-refractivity contribution is 5.74. The average molecular weight is 359 g/mol. The van der Waals surface area contributed by atoms with Crippen molar-refractivity contribution in [3.05, 3.63) is 35.4 Å². The molecule has 9 nitrogen and oxygen atoms in total. The molecule has 26 heavy (non-hydrogen) atoms. The molecule has 136 valence electrons. The molecular formula is C16H18FN7O2. The van der Waals surface area contributed by atoms with Crippen molar-refractivity contribution in [3.63, 3.8) is 0 Å². The molecular weight excluding hydrogens is 341 g/mol. The van der Waals surface area contributed by atoms with E-state index in [1.54, 1.807) is 11.9 Å². The third-order valence-electron chi connectivity index (χ3n) is 4.03. The van der Waals surface area contributed by atoms with Gasteiger partial charge in [-0.1, -0.05) is 0 Å². The number of ether oxygens (including phenoxy) is 1. The lowest BCUT2D eigenvalue weighted by molar-refractivity contribution is 0.107. The number of likely N-dealkylation sites (tertiary alicyclic amines) is 1. The van der Waals surface area contributed by atoms with E-state index in [-0.39, 0.29) is 30.0 Å². The van der Waals surface area contributed by atoms with Crippen molar-refractivity contribution in [2.24, 2.45) is 7.05 Å². The number of piperidine rings is 1. The molecule has 1 aliphatic heterocycles. The minimum absolute atomic E-state index is 0.126. The molecule has 0 unspecified atom stereocenters. The summed E-state index contributed by atoms with van der Waals surface area (Å²) in [6.07, 6.45) is 1.01. The molecule has 10 heteroatoms. The third kappa shape index (κ3) is 4.24. The second-order valence-corrected chi connectivity index (χ2v) is 5.92. The van der Waals surface area contributed by atoms with Crippen LogP contribution >= 0.6 is 0 Å². The topological polar surface area (TPSA) is 109 Å². The highest BCUT2D eigenvalue weighted by atomic mass is 19.1. The molecule has 0 saturated carbocycles. The van der Waals surface area contributed by atoms with Gasteiger partial charge in [0.15, 0.2) is 17.4 Å². The Morgan fingerprint density at radius 3 is 2.85 bits per heavy atom. The summed E-state index contributed by atoms with van der Waals surface area (Å²) in [5.74, 6) is 0.0108. The van der Waals surface area contributed by atoms with Gasteiger partial charge in [0.05, 0.1) is 25.2 Å². The van der Waals surface area contributed by atoms with Crippen LogP contribution in [-0.4, -0.2) is 50.3 Å². The maximum atomic E-state index is 13.9. The number of nitrogens with one attached hydrogen (secondary N) is 1. The molecule has 1 aromatic carbocycles. The highest BCUT2D eigenvalue weighted by Gasteiger charge is 2.24. The number of carbonyl (C=O) groups is 1. The van der Waals surface area contributed by atoms with E-state index in [9.17, 15) is 9.18 Å². The second kappa shape index (κ2) is 7.77. The summed E-state index contributed by atoms with van der Waals surface area (Å²) in [6, 6.07) is 5.80. The van der Waals surface area contributed by atoms with Crippen LogP contribution in [-0.2, 0) is 13.6 Å². The van der Waals surface area contributed by atoms with Crippen molar-refractivity contribution in [1.82, 2.24) is 30.4 Å². The van der Waals surface area contributed by atoms with Crippen molar-refractivity contribution in [3.8, 4) is 11.8 Å². The Bertz CT molecular complexity index is 824. The van der Waals surface area contributed by atoms with E-state index in [4.69, 9.17) is 10.00 Å². The summed E-state index contributed by atoms with van der Waals surface area (Å²) in [6.45, 7) is 1.21. The van der Waals surface area contributed by atoms with Gasteiger partial charge in [-0.3, -0.25) is 0 Å². The van der Waals surface area contributed by atoms with Gasteiger partial charge in [0.25, 0.3) is 0 Å². The first-order valence-corrected chi connectivity index (χ1v) is 8.17. The Morgan fingerprint density at radius 1 is 1.46 bits per heavy atom. The molecule has 0 atom stereocenters. The molecule has 2 aromatic rings. The summed E-state index contributed by atoms with van der Waals surface area (Å²) >= 11 is 0. The number of aryl methyl sites for hydroxylation is 1. The number of halogens is 1. The number of amides is 2. The van der Waals surface area contributed by atoms with Crippen LogP contribution in [0.25, 0.3) is 0 Å². The van der Waals surface area contributed by atoms with Gasteiger partial charge in [0.2, 0.25) is 0 Å². The van der Waals surface area contributed by atoms with Gasteiger partial charge in [-0.25, -0.2) is 9.18 Å². The van der Waals surface area contributed by atoms with E-state index in [1.807, 2.05) is 6.07 Å². The van der Waals surface area contributed by atoms with E-state index in [0.29, 0.717) is 31.8 Å². The number of hydrogen-bond donors (Lipinski definition) is 1. The molecule has 1 saturated heterocycles. The van der Waals surface area contributed by atoms with Gasteiger partial charge in [-0.2, -0.15) is 10.1 Å². The van der Waals surface area contributed by atoms with E-state index in [1.165, 1.54) is 16.9 Å². The van der Waals surface area contributed by atoms with Crippen molar-refractivity contribution in [2.75, 3.05) is 13.1 Å². The largest absolute Gasteiger partial charge is 0.487 e. The molecule has 0 spiro atoms. The number of nitrogens with zero attached hydrogens (tertiary/aromatic N) is 6. The summed E-state index contributed by atoms with van der Waals surface area (Å²) in [5.41, 5.74) is 0.249. The summed E-state index contributed by atoms with van der Waals surface area (Å²) in [5, 5.41) is 23.0. The summed E-state index contributed by atoms with van der Waals surface area (Å²) in [4.78, 5) is 15.2. The number of nitriles is 1. The fourth-order valence-electron chi connectivity index (χ4n) is 2.68. The van der Waals surface area contributed by atoms with Crippen molar-refractivity contribution < 1.29 is 13.9 Å². The van der Waals surface area contributed by atoms with Crippen LogP contribution in [0.3, 0.4) is 0 Å². The molecule has 2 heterocycles.